The Balaban J connectivity index is 2.01. The monoisotopic (exact) mass is 316 g/mol. The molecule has 0 fully saturated rings. The number of nitrogens with zero attached hydrogens (tertiary/aromatic N) is 3. The highest BCUT2D eigenvalue weighted by atomic mass is 32.2. The minimum Gasteiger partial charge on any atom is -0.334 e. The zero-order chi connectivity index (χ0) is 15.6. The fourth-order valence-electron chi connectivity index (χ4n) is 1.90. The van der Waals surface area contributed by atoms with Crippen LogP contribution >= 0.6 is 0 Å². The van der Waals surface area contributed by atoms with Crippen LogP contribution in [0.2, 0.25) is 0 Å². The number of hydrogen-bond donors (Lipinski definition) is 1. The van der Waals surface area contributed by atoms with Crippen LogP contribution in [0.15, 0.2) is 53.3 Å². The van der Waals surface area contributed by atoms with Crippen molar-refractivity contribution in [1.82, 2.24) is 15.1 Å². The Bertz CT molecular complexity index is 891. The van der Waals surface area contributed by atoms with Crippen molar-refractivity contribution in [3.8, 4) is 22.8 Å². The molecule has 1 N–H and O–H groups in total. The van der Waals surface area contributed by atoms with Gasteiger partial charge in [0.25, 0.3) is 5.89 Å². The highest BCUT2D eigenvalue weighted by Gasteiger charge is 2.15. The van der Waals surface area contributed by atoms with Gasteiger partial charge >= 0.3 is 0 Å². The molecule has 22 heavy (non-hydrogen) atoms. The van der Waals surface area contributed by atoms with Crippen LogP contribution in [-0.4, -0.2) is 29.8 Å². The SMILES string of the molecule is CS(=O)(=O)Nc1ccccc1-c1nc(-c2cccnc2)no1. The Hall–Kier alpha value is -2.74. The molecule has 0 aliphatic carbocycles. The van der Waals surface area contributed by atoms with Crippen LogP contribution in [0.5, 0.6) is 0 Å². The van der Waals surface area contributed by atoms with Gasteiger partial charge in [-0.3, -0.25) is 9.71 Å². The van der Waals surface area contributed by atoms with Crippen LogP contribution in [-0.2, 0) is 10.0 Å². The molecule has 1 aromatic carbocycles. The van der Waals surface area contributed by atoms with E-state index in [1.165, 1.54) is 0 Å². The summed E-state index contributed by atoms with van der Waals surface area (Å²) < 4.78 is 30.5. The van der Waals surface area contributed by atoms with Gasteiger partial charge in [0.05, 0.1) is 17.5 Å². The van der Waals surface area contributed by atoms with Crippen LogP contribution in [0, 0.1) is 0 Å². The third-order valence-electron chi connectivity index (χ3n) is 2.80. The average Bonchev–Trinajstić information content (AvgIpc) is 2.97. The number of sulfonamides is 1. The van der Waals surface area contributed by atoms with Gasteiger partial charge in [-0.1, -0.05) is 17.3 Å². The number of anilines is 1. The first-order chi connectivity index (χ1) is 10.5. The highest BCUT2D eigenvalue weighted by Crippen LogP contribution is 2.28. The fourth-order valence-corrected chi connectivity index (χ4v) is 2.48. The number of aromatic nitrogens is 3. The van der Waals surface area contributed by atoms with Crippen molar-refractivity contribution >= 4 is 15.7 Å². The van der Waals surface area contributed by atoms with E-state index in [9.17, 15) is 8.42 Å². The molecule has 0 radical (unpaired) electrons. The number of para-hydroxylation sites is 1. The summed E-state index contributed by atoms with van der Waals surface area (Å²) in [7, 11) is -3.40. The maximum absolute atomic E-state index is 11.4. The lowest BCUT2D eigenvalue weighted by Gasteiger charge is -2.06. The summed E-state index contributed by atoms with van der Waals surface area (Å²) in [5, 5.41) is 3.90. The van der Waals surface area contributed by atoms with Crippen molar-refractivity contribution in [2.75, 3.05) is 11.0 Å². The van der Waals surface area contributed by atoms with Crippen LogP contribution in [0.1, 0.15) is 0 Å². The van der Waals surface area contributed by atoms with Crippen LogP contribution in [0.25, 0.3) is 22.8 Å². The van der Waals surface area contributed by atoms with Gasteiger partial charge in [-0.25, -0.2) is 8.42 Å². The summed E-state index contributed by atoms with van der Waals surface area (Å²) in [5.41, 5.74) is 1.60. The van der Waals surface area contributed by atoms with E-state index in [0.29, 0.717) is 22.6 Å². The maximum Gasteiger partial charge on any atom is 0.260 e. The van der Waals surface area contributed by atoms with E-state index in [0.717, 1.165) is 6.26 Å². The van der Waals surface area contributed by atoms with Gasteiger partial charge in [0, 0.05) is 18.0 Å². The molecule has 0 aliphatic rings. The molecule has 3 rings (SSSR count). The lowest BCUT2D eigenvalue weighted by molar-refractivity contribution is 0.432. The Morgan fingerprint density at radius 1 is 1.14 bits per heavy atom. The van der Waals surface area contributed by atoms with E-state index < -0.39 is 10.0 Å². The molecule has 0 saturated heterocycles. The molecular weight excluding hydrogens is 304 g/mol. The molecule has 0 bridgehead atoms. The molecule has 0 amide bonds. The van der Waals surface area contributed by atoms with Gasteiger partial charge in [0.1, 0.15) is 0 Å². The molecule has 2 heterocycles. The first kappa shape index (κ1) is 14.2. The Labute approximate surface area is 127 Å². The zero-order valence-electron chi connectivity index (χ0n) is 11.6. The van der Waals surface area contributed by atoms with Crippen molar-refractivity contribution in [2.45, 2.75) is 0 Å². The van der Waals surface area contributed by atoms with Gasteiger partial charge in [0.2, 0.25) is 15.8 Å². The fraction of sp³-hybridized carbons (Fsp3) is 0.0714. The Morgan fingerprint density at radius 3 is 2.68 bits per heavy atom. The van der Waals surface area contributed by atoms with Crippen molar-refractivity contribution in [1.29, 1.82) is 0 Å². The van der Waals surface area contributed by atoms with Crippen molar-refractivity contribution < 1.29 is 12.9 Å². The van der Waals surface area contributed by atoms with Gasteiger partial charge in [-0.05, 0) is 24.3 Å². The summed E-state index contributed by atoms with van der Waals surface area (Å²) in [4.78, 5) is 8.28. The molecule has 0 saturated carbocycles. The van der Waals surface area contributed by atoms with Crippen LogP contribution in [0.3, 0.4) is 0 Å². The van der Waals surface area contributed by atoms with Gasteiger partial charge in [-0.2, -0.15) is 4.98 Å². The largest absolute Gasteiger partial charge is 0.334 e. The second-order valence-corrected chi connectivity index (χ2v) is 6.33. The molecule has 3 aromatic rings. The molecule has 0 spiro atoms. The standard InChI is InChI=1S/C14H12N4O3S/c1-22(19,20)18-12-7-3-2-6-11(12)14-16-13(17-21-14)10-5-4-8-15-9-10/h2-9,18H,1H3. The van der Waals surface area contributed by atoms with Gasteiger partial charge < -0.3 is 4.52 Å². The number of pyridine rings is 1. The predicted octanol–water partition coefficient (Wildman–Crippen LogP) is 2.17. The van der Waals surface area contributed by atoms with E-state index in [2.05, 4.69) is 19.8 Å². The second kappa shape index (κ2) is 5.57. The summed E-state index contributed by atoms with van der Waals surface area (Å²) >= 11 is 0. The Morgan fingerprint density at radius 2 is 1.95 bits per heavy atom. The molecule has 8 heteroatoms. The number of hydrogen-bond acceptors (Lipinski definition) is 6. The highest BCUT2D eigenvalue weighted by molar-refractivity contribution is 7.92. The topological polar surface area (TPSA) is 98.0 Å². The summed E-state index contributed by atoms with van der Waals surface area (Å²) in [6, 6.07) is 10.4. The van der Waals surface area contributed by atoms with E-state index in [-0.39, 0.29) is 5.89 Å². The Kier molecular flexibility index (Phi) is 3.60. The lowest BCUT2D eigenvalue weighted by Crippen LogP contribution is -2.10. The predicted molar refractivity (Wildman–Crippen MR) is 81.4 cm³/mol. The molecule has 0 unspecified atom stereocenters. The lowest BCUT2D eigenvalue weighted by atomic mass is 10.2. The third kappa shape index (κ3) is 3.12. The number of nitrogens with one attached hydrogen (secondary N) is 1. The number of benzene rings is 1. The van der Waals surface area contributed by atoms with E-state index in [1.54, 1.807) is 42.7 Å². The van der Waals surface area contributed by atoms with Gasteiger partial charge in [-0.15, -0.1) is 0 Å². The molecule has 2 aromatic heterocycles. The molecule has 112 valence electrons. The normalized spacial score (nSPS) is 11.3. The minimum absolute atomic E-state index is 0.227. The number of rotatable bonds is 4. The molecule has 7 nitrogen and oxygen atoms in total. The first-order valence-electron chi connectivity index (χ1n) is 6.34. The molecule has 0 aliphatic heterocycles. The van der Waals surface area contributed by atoms with Crippen LogP contribution in [0.4, 0.5) is 5.69 Å². The average molecular weight is 316 g/mol. The summed E-state index contributed by atoms with van der Waals surface area (Å²) in [5.74, 6) is 0.614. The smallest absolute Gasteiger partial charge is 0.260 e. The van der Waals surface area contributed by atoms with E-state index in [4.69, 9.17) is 4.52 Å². The quantitative estimate of drug-likeness (QED) is 0.792. The third-order valence-corrected chi connectivity index (χ3v) is 3.39. The zero-order valence-corrected chi connectivity index (χ0v) is 12.4. The summed E-state index contributed by atoms with van der Waals surface area (Å²) in [6.07, 6.45) is 4.35. The second-order valence-electron chi connectivity index (χ2n) is 4.58. The maximum atomic E-state index is 11.4. The summed E-state index contributed by atoms with van der Waals surface area (Å²) in [6.45, 7) is 0. The van der Waals surface area contributed by atoms with Crippen LogP contribution < -0.4 is 4.72 Å². The van der Waals surface area contributed by atoms with E-state index in [1.807, 2.05) is 6.07 Å². The van der Waals surface area contributed by atoms with E-state index >= 15 is 0 Å². The van der Waals surface area contributed by atoms with Crippen molar-refractivity contribution in [3.05, 3.63) is 48.8 Å². The molecular formula is C14H12N4O3S. The minimum atomic E-state index is -3.40. The molecule has 0 atom stereocenters. The van der Waals surface area contributed by atoms with Crippen molar-refractivity contribution in [3.63, 3.8) is 0 Å². The first-order valence-corrected chi connectivity index (χ1v) is 8.23. The van der Waals surface area contributed by atoms with Crippen molar-refractivity contribution in [2.24, 2.45) is 0 Å². The van der Waals surface area contributed by atoms with Gasteiger partial charge in [0.15, 0.2) is 0 Å².